The topological polar surface area (TPSA) is 44.6 Å². The Bertz CT molecular complexity index is 593. The van der Waals surface area contributed by atoms with Gasteiger partial charge < -0.3 is 14.4 Å². The zero-order valence-corrected chi connectivity index (χ0v) is 17.4. The van der Waals surface area contributed by atoms with Gasteiger partial charge in [0.05, 0.1) is 6.54 Å². The van der Waals surface area contributed by atoms with E-state index in [4.69, 9.17) is 0 Å². The molecule has 0 N–H and O–H groups in total. The van der Waals surface area contributed by atoms with Gasteiger partial charge in [0.1, 0.15) is 5.82 Å². The maximum atomic E-state index is 12.7. The van der Waals surface area contributed by atoms with Crippen molar-refractivity contribution < 1.29 is 4.79 Å². The van der Waals surface area contributed by atoms with Crippen molar-refractivity contribution in [3.63, 3.8) is 0 Å². The molecule has 1 unspecified atom stereocenters. The first-order valence-electron chi connectivity index (χ1n) is 10.7. The lowest BCUT2D eigenvalue weighted by Gasteiger charge is -2.36. The summed E-state index contributed by atoms with van der Waals surface area (Å²) in [5.74, 6) is 2.14. The Morgan fingerprint density at radius 1 is 1.26 bits per heavy atom. The van der Waals surface area contributed by atoms with Crippen LogP contribution in [0.4, 0.5) is 0 Å². The van der Waals surface area contributed by atoms with Crippen LogP contribution < -0.4 is 0 Å². The summed E-state index contributed by atoms with van der Waals surface area (Å²) in [7, 11) is 4.18. The van der Waals surface area contributed by atoms with Crippen LogP contribution in [-0.4, -0.2) is 76.5 Å². The minimum atomic E-state index is 0.336. The monoisotopic (exact) mass is 375 g/mol. The van der Waals surface area contributed by atoms with E-state index >= 15 is 0 Å². The van der Waals surface area contributed by atoms with Gasteiger partial charge in [0, 0.05) is 45.0 Å². The Morgan fingerprint density at radius 2 is 2.04 bits per heavy atom. The van der Waals surface area contributed by atoms with E-state index in [-0.39, 0.29) is 0 Å². The molecule has 6 heteroatoms. The number of carbonyl (C=O) groups is 1. The number of carbonyl (C=O) groups excluding carboxylic acids is 1. The fourth-order valence-corrected chi connectivity index (χ4v) is 4.60. The first-order valence-corrected chi connectivity index (χ1v) is 10.7. The fraction of sp³-hybridized carbons (Fsp3) is 0.810. The molecule has 0 saturated carbocycles. The van der Waals surface area contributed by atoms with Gasteiger partial charge in [0.2, 0.25) is 5.91 Å². The summed E-state index contributed by atoms with van der Waals surface area (Å²) in [6.07, 6.45) is 10.4. The summed E-state index contributed by atoms with van der Waals surface area (Å²) in [5.41, 5.74) is 0. The summed E-state index contributed by atoms with van der Waals surface area (Å²) in [4.78, 5) is 24.1. The number of aromatic nitrogens is 2. The average molecular weight is 376 g/mol. The van der Waals surface area contributed by atoms with Gasteiger partial charge in [0.25, 0.3) is 0 Å². The Hall–Kier alpha value is -1.40. The van der Waals surface area contributed by atoms with Gasteiger partial charge in [0.15, 0.2) is 0 Å². The summed E-state index contributed by atoms with van der Waals surface area (Å²) in [6, 6.07) is 0.435. The Balaban J connectivity index is 1.43. The van der Waals surface area contributed by atoms with E-state index in [0.29, 0.717) is 24.3 Å². The second-order valence-electron chi connectivity index (χ2n) is 8.45. The first kappa shape index (κ1) is 20.3. The van der Waals surface area contributed by atoms with Crippen molar-refractivity contribution in [1.82, 2.24) is 24.3 Å². The van der Waals surface area contributed by atoms with Crippen LogP contribution in [0, 0.1) is 5.92 Å². The van der Waals surface area contributed by atoms with Crippen molar-refractivity contribution in [1.29, 1.82) is 0 Å². The number of imidazole rings is 1. The molecule has 27 heavy (non-hydrogen) atoms. The van der Waals surface area contributed by atoms with Crippen molar-refractivity contribution in [2.75, 3.05) is 40.3 Å². The highest BCUT2D eigenvalue weighted by molar-refractivity contribution is 5.76. The van der Waals surface area contributed by atoms with E-state index in [2.05, 4.69) is 39.5 Å². The molecule has 152 valence electrons. The van der Waals surface area contributed by atoms with E-state index in [1.165, 1.54) is 12.8 Å². The molecular formula is C21H37N5O. The van der Waals surface area contributed by atoms with Crippen LogP contribution in [0.1, 0.15) is 51.3 Å². The minimum absolute atomic E-state index is 0.336. The van der Waals surface area contributed by atoms with Crippen LogP contribution in [0.5, 0.6) is 0 Å². The SMILES string of the molecule is CCn1ccnc1CN1CCCC(CCC(=O)N(C)C2CCN(C)CC2)C1. The second-order valence-corrected chi connectivity index (χ2v) is 8.45. The van der Waals surface area contributed by atoms with E-state index in [1.807, 2.05) is 18.1 Å². The summed E-state index contributed by atoms with van der Waals surface area (Å²) in [5, 5.41) is 0. The van der Waals surface area contributed by atoms with Crippen LogP contribution in [0.25, 0.3) is 0 Å². The molecule has 0 aromatic carbocycles. The Kier molecular flexibility index (Phi) is 7.30. The molecule has 0 aliphatic carbocycles. The number of hydrogen-bond acceptors (Lipinski definition) is 4. The summed E-state index contributed by atoms with van der Waals surface area (Å²) >= 11 is 0. The highest BCUT2D eigenvalue weighted by Crippen LogP contribution is 2.23. The number of rotatable bonds is 7. The largest absolute Gasteiger partial charge is 0.343 e. The number of piperidine rings is 2. The van der Waals surface area contributed by atoms with Gasteiger partial charge in [-0.1, -0.05) is 0 Å². The number of hydrogen-bond donors (Lipinski definition) is 0. The molecule has 0 bridgehead atoms. The van der Waals surface area contributed by atoms with E-state index in [9.17, 15) is 4.79 Å². The Labute approximate surface area is 164 Å². The minimum Gasteiger partial charge on any atom is -0.343 e. The number of amides is 1. The van der Waals surface area contributed by atoms with Crippen LogP contribution in [0.3, 0.4) is 0 Å². The lowest BCUT2D eigenvalue weighted by Crippen LogP contribution is -2.44. The van der Waals surface area contributed by atoms with Crippen molar-refractivity contribution in [2.45, 2.75) is 64.6 Å². The summed E-state index contributed by atoms with van der Waals surface area (Å²) in [6.45, 7) is 8.53. The van der Waals surface area contributed by atoms with Gasteiger partial charge in [-0.15, -0.1) is 0 Å². The van der Waals surface area contributed by atoms with Crippen LogP contribution in [-0.2, 0) is 17.9 Å². The molecule has 2 fully saturated rings. The average Bonchev–Trinajstić information content (AvgIpc) is 3.13. The maximum absolute atomic E-state index is 12.7. The predicted molar refractivity (Wildman–Crippen MR) is 108 cm³/mol. The molecule has 1 atom stereocenters. The van der Waals surface area contributed by atoms with Gasteiger partial charge in [-0.2, -0.15) is 0 Å². The number of likely N-dealkylation sites (tertiary alicyclic amines) is 2. The van der Waals surface area contributed by atoms with Crippen LogP contribution >= 0.6 is 0 Å². The highest BCUT2D eigenvalue weighted by Gasteiger charge is 2.26. The second kappa shape index (κ2) is 9.69. The van der Waals surface area contributed by atoms with E-state index in [1.54, 1.807) is 0 Å². The standard InChI is InChI=1S/C21H37N5O/c1-4-26-15-11-22-20(26)17-25-12-5-6-18(16-25)7-8-21(27)24(3)19-9-13-23(2)14-10-19/h11,15,18-19H,4-10,12-14,16-17H2,1-3H3. The molecule has 3 heterocycles. The molecule has 1 amide bonds. The molecule has 3 rings (SSSR count). The molecule has 6 nitrogen and oxygen atoms in total. The van der Waals surface area contributed by atoms with Crippen molar-refractivity contribution in [2.24, 2.45) is 5.92 Å². The maximum Gasteiger partial charge on any atom is 0.222 e. The molecule has 2 aliphatic rings. The van der Waals surface area contributed by atoms with Gasteiger partial charge in [-0.25, -0.2) is 4.98 Å². The third kappa shape index (κ3) is 5.55. The quantitative estimate of drug-likeness (QED) is 0.734. The fourth-order valence-electron chi connectivity index (χ4n) is 4.60. The van der Waals surface area contributed by atoms with E-state index < -0.39 is 0 Å². The zero-order chi connectivity index (χ0) is 19.2. The van der Waals surface area contributed by atoms with Gasteiger partial charge in [-0.05, 0) is 71.6 Å². The van der Waals surface area contributed by atoms with Gasteiger partial charge in [-0.3, -0.25) is 9.69 Å². The first-order chi connectivity index (χ1) is 13.1. The van der Waals surface area contributed by atoms with Crippen LogP contribution in [0.2, 0.25) is 0 Å². The van der Waals surface area contributed by atoms with Crippen LogP contribution in [0.15, 0.2) is 12.4 Å². The number of aryl methyl sites for hydroxylation is 1. The number of nitrogens with zero attached hydrogens (tertiary/aromatic N) is 5. The van der Waals surface area contributed by atoms with Crippen molar-refractivity contribution in [3.8, 4) is 0 Å². The van der Waals surface area contributed by atoms with Crippen molar-refractivity contribution >= 4 is 5.91 Å². The predicted octanol–water partition coefficient (Wildman–Crippen LogP) is 2.45. The van der Waals surface area contributed by atoms with E-state index in [0.717, 1.165) is 64.4 Å². The molecule has 2 saturated heterocycles. The third-order valence-corrected chi connectivity index (χ3v) is 6.51. The molecule has 1 aromatic rings. The summed E-state index contributed by atoms with van der Waals surface area (Å²) < 4.78 is 2.23. The molecular weight excluding hydrogens is 338 g/mol. The molecule has 0 radical (unpaired) electrons. The normalized spacial score (nSPS) is 22.9. The highest BCUT2D eigenvalue weighted by atomic mass is 16.2. The van der Waals surface area contributed by atoms with Crippen molar-refractivity contribution in [3.05, 3.63) is 18.2 Å². The molecule has 0 spiro atoms. The molecule has 1 aromatic heterocycles. The molecule has 2 aliphatic heterocycles. The van der Waals surface area contributed by atoms with Gasteiger partial charge >= 0.3 is 0 Å². The third-order valence-electron chi connectivity index (χ3n) is 6.51. The lowest BCUT2D eigenvalue weighted by molar-refractivity contribution is -0.133. The zero-order valence-electron chi connectivity index (χ0n) is 17.4. The smallest absolute Gasteiger partial charge is 0.222 e. The lowest BCUT2D eigenvalue weighted by atomic mass is 9.93. The Morgan fingerprint density at radius 3 is 2.78 bits per heavy atom.